The van der Waals surface area contributed by atoms with Crippen LogP contribution in [0.1, 0.15) is 12.0 Å². The van der Waals surface area contributed by atoms with Crippen molar-refractivity contribution in [2.75, 3.05) is 25.0 Å². The molecule has 0 fully saturated rings. The quantitative estimate of drug-likeness (QED) is 0.898. The minimum absolute atomic E-state index is 0.747. The van der Waals surface area contributed by atoms with Gasteiger partial charge in [-0.05, 0) is 37.6 Å². The molecule has 0 aromatic heterocycles. The maximum Gasteiger partial charge on any atom is 0.0375 e. The molecule has 0 saturated heterocycles. The summed E-state index contributed by atoms with van der Waals surface area (Å²) in [6, 6.07) is 6.40. The smallest absolute Gasteiger partial charge is 0.0375 e. The third-order valence-corrected chi connectivity index (χ3v) is 3.15. The Bertz CT molecular complexity index is 299. The molecule has 0 atom stereocenters. The molecule has 1 aromatic rings. The van der Waals surface area contributed by atoms with Crippen LogP contribution in [-0.4, -0.2) is 20.1 Å². The largest absolute Gasteiger partial charge is 0.375 e. The van der Waals surface area contributed by atoms with E-state index in [-0.39, 0.29) is 0 Å². The molecule has 3 heteroatoms. The van der Waals surface area contributed by atoms with E-state index in [9.17, 15) is 0 Å². The van der Waals surface area contributed by atoms with Gasteiger partial charge in [-0.2, -0.15) is 0 Å². The Kier molecular flexibility index (Phi) is 4.42. The Morgan fingerprint density at radius 1 is 1.43 bits per heavy atom. The van der Waals surface area contributed by atoms with E-state index in [1.807, 2.05) is 0 Å². The van der Waals surface area contributed by atoms with Gasteiger partial charge in [0.2, 0.25) is 0 Å². The molecule has 0 bridgehead atoms. The molecule has 1 rings (SSSR count). The lowest BCUT2D eigenvalue weighted by Crippen LogP contribution is -2.20. The van der Waals surface area contributed by atoms with Crippen LogP contribution in [0.15, 0.2) is 22.7 Å². The van der Waals surface area contributed by atoms with E-state index < -0.39 is 0 Å². The predicted molar refractivity (Wildman–Crippen MR) is 65.8 cm³/mol. The monoisotopic (exact) mass is 256 g/mol. The first-order valence-corrected chi connectivity index (χ1v) is 5.62. The number of anilines is 1. The number of halogens is 1. The van der Waals surface area contributed by atoms with Crippen LogP contribution in [0.3, 0.4) is 0 Å². The van der Waals surface area contributed by atoms with E-state index in [1.165, 1.54) is 11.3 Å². The van der Waals surface area contributed by atoms with Crippen molar-refractivity contribution < 1.29 is 0 Å². The van der Waals surface area contributed by atoms with Crippen molar-refractivity contribution >= 4 is 21.6 Å². The SMILES string of the molecule is Cc1ccc(N(C)CCCN)cc1Br. The van der Waals surface area contributed by atoms with Crippen LogP contribution in [0.5, 0.6) is 0 Å². The second-order valence-corrected chi connectivity index (χ2v) is 4.35. The summed E-state index contributed by atoms with van der Waals surface area (Å²) >= 11 is 3.53. The lowest BCUT2D eigenvalue weighted by Gasteiger charge is -2.19. The number of aryl methyl sites for hydroxylation is 1. The summed E-state index contributed by atoms with van der Waals surface area (Å²) in [7, 11) is 2.09. The van der Waals surface area contributed by atoms with Gasteiger partial charge in [0, 0.05) is 23.8 Å². The molecule has 1 aromatic carbocycles. The van der Waals surface area contributed by atoms with Crippen LogP contribution < -0.4 is 10.6 Å². The van der Waals surface area contributed by atoms with E-state index in [1.54, 1.807) is 0 Å². The van der Waals surface area contributed by atoms with Crippen LogP contribution in [0.4, 0.5) is 5.69 Å². The maximum absolute atomic E-state index is 5.47. The van der Waals surface area contributed by atoms with Crippen molar-refractivity contribution in [2.45, 2.75) is 13.3 Å². The molecule has 0 spiro atoms. The first-order chi connectivity index (χ1) is 6.65. The topological polar surface area (TPSA) is 29.3 Å². The number of hydrogen-bond acceptors (Lipinski definition) is 2. The third-order valence-electron chi connectivity index (χ3n) is 2.29. The molecule has 0 radical (unpaired) electrons. The molecule has 0 heterocycles. The van der Waals surface area contributed by atoms with Crippen molar-refractivity contribution in [3.63, 3.8) is 0 Å². The number of nitrogens with two attached hydrogens (primary N) is 1. The Balaban J connectivity index is 2.70. The molecule has 0 aliphatic rings. The average molecular weight is 257 g/mol. The Morgan fingerprint density at radius 3 is 2.71 bits per heavy atom. The molecule has 2 N–H and O–H groups in total. The summed E-state index contributed by atoms with van der Waals surface area (Å²) in [4.78, 5) is 2.22. The van der Waals surface area contributed by atoms with Crippen molar-refractivity contribution in [3.05, 3.63) is 28.2 Å². The second kappa shape index (κ2) is 5.37. The van der Waals surface area contributed by atoms with Gasteiger partial charge >= 0.3 is 0 Å². The van der Waals surface area contributed by atoms with Gasteiger partial charge < -0.3 is 10.6 Å². The van der Waals surface area contributed by atoms with Crippen molar-refractivity contribution in [1.82, 2.24) is 0 Å². The molecule has 0 unspecified atom stereocenters. The Morgan fingerprint density at radius 2 is 2.14 bits per heavy atom. The van der Waals surface area contributed by atoms with Crippen molar-refractivity contribution in [2.24, 2.45) is 5.73 Å². The highest BCUT2D eigenvalue weighted by molar-refractivity contribution is 9.10. The average Bonchev–Trinajstić information content (AvgIpc) is 2.18. The minimum Gasteiger partial charge on any atom is -0.375 e. The van der Waals surface area contributed by atoms with Crippen LogP contribution in [0.25, 0.3) is 0 Å². The summed E-state index contributed by atoms with van der Waals surface area (Å²) in [6.07, 6.45) is 1.03. The van der Waals surface area contributed by atoms with E-state index in [0.29, 0.717) is 0 Å². The fourth-order valence-electron chi connectivity index (χ4n) is 1.28. The fourth-order valence-corrected chi connectivity index (χ4v) is 1.64. The predicted octanol–water partition coefficient (Wildman–Crippen LogP) is 2.54. The van der Waals surface area contributed by atoms with Gasteiger partial charge in [0.1, 0.15) is 0 Å². The highest BCUT2D eigenvalue weighted by Gasteiger charge is 2.01. The normalized spacial score (nSPS) is 10.3. The van der Waals surface area contributed by atoms with Gasteiger partial charge in [0.25, 0.3) is 0 Å². The third kappa shape index (κ3) is 3.00. The van der Waals surface area contributed by atoms with Crippen LogP contribution in [0.2, 0.25) is 0 Å². The van der Waals surface area contributed by atoms with Crippen LogP contribution in [0, 0.1) is 6.92 Å². The van der Waals surface area contributed by atoms with Gasteiger partial charge in [-0.15, -0.1) is 0 Å². The van der Waals surface area contributed by atoms with Gasteiger partial charge in [-0.3, -0.25) is 0 Å². The van der Waals surface area contributed by atoms with Gasteiger partial charge in [-0.1, -0.05) is 22.0 Å². The maximum atomic E-state index is 5.47. The van der Waals surface area contributed by atoms with Gasteiger partial charge in [0.15, 0.2) is 0 Å². The fraction of sp³-hybridized carbons (Fsp3) is 0.455. The molecule has 0 amide bonds. The van der Waals surface area contributed by atoms with E-state index >= 15 is 0 Å². The highest BCUT2D eigenvalue weighted by Crippen LogP contribution is 2.22. The molecule has 0 aliphatic carbocycles. The summed E-state index contributed by atoms with van der Waals surface area (Å²) in [5.41, 5.74) is 7.97. The lowest BCUT2D eigenvalue weighted by molar-refractivity contribution is 0.795. The number of hydrogen-bond donors (Lipinski definition) is 1. The first kappa shape index (κ1) is 11.5. The van der Waals surface area contributed by atoms with Gasteiger partial charge in [0.05, 0.1) is 0 Å². The summed E-state index contributed by atoms with van der Waals surface area (Å²) < 4.78 is 1.16. The Labute approximate surface area is 94.2 Å². The summed E-state index contributed by atoms with van der Waals surface area (Å²) in [5, 5.41) is 0. The Hall–Kier alpha value is -0.540. The summed E-state index contributed by atoms with van der Waals surface area (Å²) in [5.74, 6) is 0. The molecule has 2 nitrogen and oxygen atoms in total. The highest BCUT2D eigenvalue weighted by atomic mass is 79.9. The molecule has 0 saturated carbocycles. The molecular formula is C11H17BrN2. The molecular weight excluding hydrogens is 240 g/mol. The van der Waals surface area contributed by atoms with Crippen molar-refractivity contribution in [1.29, 1.82) is 0 Å². The zero-order valence-corrected chi connectivity index (χ0v) is 10.3. The zero-order chi connectivity index (χ0) is 10.6. The van der Waals surface area contributed by atoms with Crippen molar-refractivity contribution in [3.8, 4) is 0 Å². The van der Waals surface area contributed by atoms with Gasteiger partial charge in [-0.25, -0.2) is 0 Å². The van der Waals surface area contributed by atoms with Crippen LogP contribution >= 0.6 is 15.9 Å². The lowest BCUT2D eigenvalue weighted by atomic mass is 10.2. The van der Waals surface area contributed by atoms with E-state index in [4.69, 9.17) is 5.73 Å². The molecule has 14 heavy (non-hydrogen) atoms. The minimum atomic E-state index is 0.747. The zero-order valence-electron chi connectivity index (χ0n) is 8.76. The number of nitrogens with zero attached hydrogens (tertiary/aromatic N) is 1. The van der Waals surface area contributed by atoms with E-state index in [0.717, 1.165) is 24.0 Å². The first-order valence-electron chi connectivity index (χ1n) is 4.82. The van der Waals surface area contributed by atoms with Crippen LogP contribution in [-0.2, 0) is 0 Å². The van der Waals surface area contributed by atoms with E-state index in [2.05, 4.69) is 53.0 Å². The standard InChI is InChI=1S/C11H17BrN2/c1-9-4-5-10(8-11(9)12)14(2)7-3-6-13/h4-5,8H,3,6-7,13H2,1-2H3. The molecule has 0 aliphatic heterocycles. The number of rotatable bonds is 4. The second-order valence-electron chi connectivity index (χ2n) is 3.50. The molecule has 78 valence electrons. The number of benzene rings is 1. The summed E-state index contributed by atoms with van der Waals surface area (Å²) in [6.45, 7) is 3.84.